The molecular weight excluding hydrogens is 352 g/mol. The Morgan fingerprint density at radius 3 is 2.58 bits per heavy atom. The van der Waals surface area contributed by atoms with Gasteiger partial charge in [0.1, 0.15) is 4.90 Å². The molecule has 0 unspecified atom stereocenters. The van der Waals surface area contributed by atoms with E-state index < -0.39 is 16.0 Å². The van der Waals surface area contributed by atoms with Crippen LogP contribution in [0.1, 0.15) is 26.7 Å². The number of hydrogen-bond donors (Lipinski definition) is 1. The second-order valence-corrected chi connectivity index (χ2v) is 7.80. The first-order chi connectivity index (χ1) is 11.3. The SMILES string of the molecule is CCN(CC)S(=O)(=O)c1ccc(Cl)cc1N1C=C(C(=O)O)CCC1. The number of carboxylic acid groups (broad SMARTS) is 1. The van der Waals surface area contributed by atoms with E-state index in [9.17, 15) is 18.3 Å². The van der Waals surface area contributed by atoms with Gasteiger partial charge in [-0.25, -0.2) is 13.2 Å². The van der Waals surface area contributed by atoms with E-state index in [1.54, 1.807) is 24.8 Å². The third-order valence-corrected chi connectivity index (χ3v) is 6.32. The maximum atomic E-state index is 12.9. The Kier molecular flexibility index (Phi) is 5.90. The molecule has 1 aromatic rings. The number of anilines is 1. The Hall–Kier alpha value is -1.57. The minimum absolute atomic E-state index is 0.137. The Morgan fingerprint density at radius 2 is 2.00 bits per heavy atom. The van der Waals surface area contributed by atoms with Gasteiger partial charge < -0.3 is 10.0 Å². The van der Waals surface area contributed by atoms with Gasteiger partial charge in [-0.1, -0.05) is 25.4 Å². The molecule has 1 aliphatic heterocycles. The van der Waals surface area contributed by atoms with Gasteiger partial charge in [0.05, 0.1) is 11.3 Å². The fourth-order valence-corrected chi connectivity index (χ4v) is 4.55. The van der Waals surface area contributed by atoms with Gasteiger partial charge >= 0.3 is 5.97 Å². The Bertz CT molecular complexity index is 757. The minimum Gasteiger partial charge on any atom is -0.478 e. The van der Waals surface area contributed by atoms with Crippen molar-refractivity contribution in [1.82, 2.24) is 4.31 Å². The van der Waals surface area contributed by atoms with E-state index >= 15 is 0 Å². The highest BCUT2D eigenvalue weighted by molar-refractivity contribution is 7.89. The molecule has 8 heteroatoms. The number of aliphatic carboxylic acids is 1. The summed E-state index contributed by atoms with van der Waals surface area (Å²) in [5.74, 6) is -0.991. The molecule has 1 aromatic carbocycles. The zero-order chi connectivity index (χ0) is 17.9. The summed E-state index contributed by atoms with van der Waals surface area (Å²) < 4.78 is 27.2. The summed E-state index contributed by atoms with van der Waals surface area (Å²) in [6.07, 6.45) is 2.60. The lowest BCUT2D eigenvalue weighted by Crippen LogP contribution is -2.33. The highest BCUT2D eigenvalue weighted by Gasteiger charge is 2.28. The summed E-state index contributed by atoms with van der Waals surface area (Å²) in [6.45, 7) is 4.81. The Morgan fingerprint density at radius 1 is 1.33 bits per heavy atom. The van der Waals surface area contributed by atoms with Crippen molar-refractivity contribution in [3.63, 3.8) is 0 Å². The number of nitrogens with zero attached hydrogens (tertiary/aromatic N) is 2. The van der Waals surface area contributed by atoms with Crippen LogP contribution in [0.25, 0.3) is 0 Å². The van der Waals surface area contributed by atoms with Crippen molar-refractivity contribution in [3.8, 4) is 0 Å². The molecule has 0 atom stereocenters. The first kappa shape index (κ1) is 18.8. The lowest BCUT2D eigenvalue weighted by atomic mass is 10.1. The number of halogens is 1. The maximum Gasteiger partial charge on any atom is 0.333 e. The normalized spacial score (nSPS) is 15.5. The third-order valence-electron chi connectivity index (χ3n) is 3.99. The fourth-order valence-electron chi connectivity index (χ4n) is 2.74. The van der Waals surface area contributed by atoms with Gasteiger partial charge in [0.2, 0.25) is 10.0 Å². The molecule has 24 heavy (non-hydrogen) atoms. The molecular formula is C16H21ClN2O4S. The van der Waals surface area contributed by atoms with E-state index in [1.165, 1.54) is 22.6 Å². The number of rotatable bonds is 6. The van der Waals surface area contributed by atoms with Crippen LogP contribution >= 0.6 is 11.6 Å². The summed E-state index contributed by atoms with van der Waals surface area (Å²) in [5, 5.41) is 9.61. The van der Waals surface area contributed by atoms with Gasteiger partial charge in [0.25, 0.3) is 0 Å². The van der Waals surface area contributed by atoms with Crippen LogP contribution in [0.3, 0.4) is 0 Å². The van der Waals surface area contributed by atoms with Crippen LogP contribution in [-0.4, -0.2) is 43.4 Å². The lowest BCUT2D eigenvalue weighted by molar-refractivity contribution is -0.132. The van der Waals surface area contributed by atoms with Crippen LogP contribution in [0.4, 0.5) is 5.69 Å². The van der Waals surface area contributed by atoms with Crippen LogP contribution in [0, 0.1) is 0 Å². The van der Waals surface area contributed by atoms with Gasteiger partial charge in [-0.05, 0) is 31.0 Å². The molecule has 6 nitrogen and oxygen atoms in total. The van der Waals surface area contributed by atoms with E-state index in [0.29, 0.717) is 43.2 Å². The van der Waals surface area contributed by atoms with E-state index in [4.69, 9.17) is 11.6 Å². The average Bonchev–Trinajstić information content (AvgIpc) is 2.55. The van der Waals surface area contributed by atoms with Crippen molar-refractivity contribution >= 4 is 33.3 Å². The molecule has 0 spiro atoms. The first-order valence-electron chi connectivity index (χ1n) is 7.81. The average molecular weight is 373 g/mol. The zero-order valence-electron chi connectivity index (χ0n) is 13.7. The van der Waals surface area contributed by atoms with Crippen LogP contribution in [0.2, 0.25) is 5.02 Å². The van der Waals surface area contributed by atoms with Crippen LogP contribution in [0.5, 0.6) is 0 Å². The van der Waals surface area contributed by atoms with E-state index in [0.717, 1.165) is 0 Å². The second kappa shape index (κ2) is 7.55. The zero-order valence-corrected chi connectivity index (χ0v) is 15.3. The predicted octanol–water partition coefficient (Wildman–Crippen LogP) is 2.94. The number of benzene rings is 1. The summed E-state index contributed by atoms with van der Waals surface area (Å²) in [4.78, 5) is 13.0. The fraction of sp³-hybridized carbons (Fsp3) is 0.438. The molecule has 2 rings (SSSR count). The molecule has 0 aliphatic carbocycles. The second-order valence-electron chi connectivity index (χ2n) is 5.46. The largest absolute Gasteiger partial charge is 0.478 e. The molecule has 1 heterocycles. The number of sulfonamides is 1. The van der Waals surface area contributed by atoms with Crippen molar-refractivity contribution < 1.29 is 18.3 Å². The Balaban J connectivity index is 2.57. The number of carboxylic acids is 1. The predicted molar refractivity (Wildman–Crippen MR) is 93.9 cm³/mol. The summed E-state index contributed by atoms with van der Waals surface area (Å²) in [6, 6.07) is 4.58. The van der Waals surface area contributed by atoms with Gasteiger partial charge in [0.15, 0.2) is 0 Å². The summed E-state index contributed by atoms with van der Waals surface area (Å²) >= 11 is 6.06. The van der Waals surface area contributed by atoms with Crippen molar-refractivity contribution in [2.75, 3.05) is 24.5 Å². The summed E-state index contributed by atoms with van der Waals surface area (Å²) in [5.41, 5.74) is 0.667. The summed E-state index contributed by atoms with van der Waals surface area (Å²) in [7, 11) is -3.68. The lowest BCUT2D eigenvalue weighted by Gasteiger charge is -2.29. The van der Waals surface area contributed by atoms with E-state index in [1.807, 2.05) is 0 Å². The third kappa shape index (κ3) is 3.74. The topological polar surface area (TPSA) is 77.9 Å². The molecule has 132 valence electrons. The molecule has 1 aliphatic rings. The first-order valence-corrected chi connectivity index (χ1v) is 9.63. The van der Waals surface area contributed by atoms with E-state index in [2.05, 4.69) is 0 Å². The number of hydrogen-bond acceptors (Lipinski definition) is 4. The van der Waals surface area contributed by atoms with Crippen molar-refractivity contribution in [1.29, 1.82) is 0 Å². The Labute approximate surface area is 147 Å². The molecule has 0 amide bonds. The highest BCUT2D eigenvalue weighted by Crippen LogP contribution is 2.33. The standard InChI is InChI=1S/C16H21ClN2O4S/c1-3-19(4-2)24(22,23)15-8-7-13(17)10-14(15)18-9-5-6-12(11-18)16(20)21/h7-8,10-11H,3-6,9H2,1-2H3,(H,20,21). The highest BCUT2D eigenvalue weighted by atomic mass is 35.5. The van der Waals surface area contributed by atoms with Gasteiger partial charge in [-0.2, -0.15) is 4.31 Å². The van der Waals surface area contributed by atoms with Crippen LogP contribution < -0.4 is 4.90 Å². The van der Waals surface area contributed by atoms with Gasteiger partial charge in [-0.15, -0.1) is 0 Å². The van der Waals surface area contributed by atoms with Crippen molar-refractivity contribution in [2.24, 2.45) is 0 Å². The molecule has 0 radical (unpaired) electrons. The molecule has 0 saturated heterocycles. The van der Waals surface area contributed by atoms with Crippen molar-refractivity contribution in [3.05, 3.63) is 35.0 Å². The molecule has 1 N–H and O–H groups in total. The molecule has 0 aromatic heterocycles. The van der Waals surface area contributed by atoms with Gasteiger partial charge in [-0.3, -0.25) is 0 Å². The van der Waals surface area contributed by atoms with Gasteiger partial charge in [0, 0.05) is 30.9 Å². The van der Waals surface area contributed by atoms with Crippen molar-refractivity contribution in [2.45, 2.75) is 31.6 Å². The maximum absolute atomic E-state index is 12.9. The number of carbonyl (C=O) groups is 1. The molecule has 0 fully saturated rings. The molecule has 0 bridgehead atoms. The molecule has 0 saturated carbocycles. The van der Waals surface area contributed by atoms with Crippen LogP contribution in [0.15, 0.2) is 34.9 Å². The van der Waals surface area contributed by atoms with E-state index in [-0.39, 0.29) is 10.5 Å². The minimum atomic E-state index is -3.68. The quantitative estimate of drug-likeness (QED) is 0.830. The smallest absolute Gasteiger partial charge is 0.333 e. The van der Waals surface area contributed by atoms with Crippen LogP contribution in [-0.2, 0) is 14.8 Å². The monoisotopic (exact) mass is 372 g/mol.